The first-order chi connectivity index (χ1) is 13.2. The largest absolute Gasteiger partial charge is 0.271 e. The molecule has 4 rings (SSSR count). The van der Waals surface area contributed by atoms with Crippen molar-refractivity contribution in [1.82, 2.24) is 0 Å². The molecule has 5 heteroatoms. The fourth-order valence-electron chi connectivity index (χ4n) is 2.68. The van der Waals surface area contributed by atoms with Crippen LogP contribution in [0.5, 0.6) is 0 Å². The molecule has 132 valence electrons. The maximum Gasteiger partial charge on any atom is 0.271 e. The van der Waals surface area contributed by atoms with E-state index in [1.165, 1.54) is 23.9 Å². The Labute approximate surface area is 160 Å². The standard InChI is InChI=1S/C22H15FN2OS/c23-17-13-11-16(12-14-17)15-20-21(26)25(19-9-5-2-6-10-19)22(27-20)24-18-7-3-1-4-8-18/h1-15H. The zero-order valence-electron chi connectivity index (χ0n) is 14.2. The zero-order valence-corrected chi connectivity index (χ0v) is 15.1. The van der Waals surface area contributed by atoms with E-state index < -0.39 is 0 Å². The van der Waals surface area contributed by atoms with E-state index >= 15 is 0 Å². The Balaban J connectivity index is 1.76. The number of hydrogen-bond donors (Lipinski definition) is 0. The van der Waals surface area contributed by atoms with Crippen molar-refractivity contribution in [3.8, 4) is 0 Å². The first-order valence-electron chi connectivity index (χ1n) is 8.39. The second kappa shape index (κ2) is 7.60. The molecule has 1 saturated heterocycles. The van der Waals surface area contributed by atoms with Crippen molar-refractivity contribution >= 4 is 40.3 Å². The fraction of sp³-hybridized carbons (Fsp3) is 0. The fourth-order valence-corrected chi connectivity index (χ4v) is 3.68. The summed E-state index contributed by atoms with van der Waals surface area (Å²) >= 11 is 1.31. The van der Waals surface area contributed by atoms with Gasteiger partial charge in [-0.05, 0) is 59.8 Å². The average molecular weight is 374 g/mol. The highest BCUT2D eigenvalue weighted by molar-refractivity contribution is 8.19. The molecule has 1 aliphatic rings. The second-order valence-electron chi connectivity index (χ2n) is 5.87. The van der Waals surface area contributed by atoms with Gasteiger partial charge in [0.25, 0.3) is 5.91 Å². The number of para-hydroxylation sites is 2. The molecule has 0 spiro atoms. The van der Waals surface area contributed by atoms with Gasteiger partial charge >= 0.3 is 0 Å². The van der Waals surface area contributed by atoms with Crippen LogP contribution < -0.4 is 4.90 Å². The number of rotatable bonds is 3. The van der Waals surface area contributed by atoms with Gasteiger partial charge in [0.05, 0.1) is 16.3 Å². The first-order valence-corrected chi connectivity index (χ1v) is 9.21. The number of benzene rings is 3. The highest BCUT2D eigenvalue weighted by Gasteiger charge is 2.34. The quantitative estimate of drug-likeness (QED) is 0.556. The monoisotopic (exact) mass is 374 g/mol. The van der Waals surface area contributed by atoms with E-state index in [2.05, 4.69) is 4.99 Å². The molecule has 3 aromatic rings. The Morgan fingerprint density at radius 2 is 1.48 bits per heavy atom. The van der Waals surface area contributed by atoms with Gasteiger partial charge in [-0.3, -0.25) is 9.69 Å². The third-order valence-electron chi connectivity index (χ3n) is 3.97. The number of thioether (sulfide) groups is 1. The Morgan fingerprint density at radius 1 is 0.852 bits per heavy atom. The van der Waals surface area contributed by atoms with Crippen LogP contribution in [-0.2, 0) is 4.79 Å². The number of carbonyl (C=O) groups is 1. The van der Waals surface area contributed by atoms with Crippen molar-refractivity contribution in [2.45, 2.75) is 0 Å². The van der Waals surface area contributed by atoms with E-state index in [9.17, 15) is 9.18 Å². The molecule has 27 heavy (non-hydrogen) atoms. The summed E-state index contributed by atoms with van der Waals surface area (Å²) in [6.07, 6.45) is 1.76. The van der Waals surface area contributed by atoms with Gasteiger partial charge in [-0.1, -0.05) is 48.5 Å². The normalized spacial score (nSPS) is 17.1. The number of aliphatic imine (C=N–C) groups is 1. The minimum absolute atomic E-state index is 0.148. The maximum absolute atomic E-state index is 13.1. The van der Waals surface area contributed by atoms with E-state index in [0.29, 0.717) is 10.1 Å². The molecule has 1 aliphatic heterocycles. The molecule has 0 atom stereocenters. The predicted octanol–water partition coefficient (Wildman–Crippen LogP) is 5.63. The summed E-state index contributed by atoms with van der Waals surface area (Å²) in [6.45, 7) is 0. The second-order valence-corrected chi connectivity index (χ2v) is 6.88. The summed E-state index contributed by atoms with van der Waals surface area (Å²) in [6, 6.07) is 25.0. The molecular formula is C22H15FN2OS. The third kappa shape index (κ3) is 3.83. The van der Waals surface area contributed by atoms with Crippen LogP contribution in [0.15, 0.2) is 94.8 Å². The van der Waals surface area contributed by atoms with Crippen molar-refractivity contribution in [3.63, 3.8) is 0 Å². The van der Waals surface area contributed by atoms with Crippen LogP contribution in [0.3, 0.4) is 0 Å². The average Bonchev–Trinajstić information content (AvgIpc) is 3.00. The Morgan fingerprint density at radius 3 is 2.15 bits per heavy atom. The summed E-state index contributed by atoms with van der Waals surface area (Å²) in [7, 11) is 0. The summed E-state index contributed by atoms with van der Waals surface area (Å²) in [5.41, 5.74) is 2.30. The van der Waals surface area contributed by atoms with Crippen molar-refractivity contribution in [3.05, 3.63) is 101 Å². The molecule has 0 bridgehead atoms. The summed E-state index contributed by atoms with van der Waals surface area (Å²) in [5.74, 6) is -0.454. The van der Waals surface area contributed by atoms with Gasteiger partial charge < -0.3 is 0 Å². The Hall–Kier alpha value is -3.18. The smallest absolute Gasteiger partial charge is 0.268 e. The van der Waals surface area contributed by atoms with Gasteiger partial charge in [-0.25, -0.2) is 9.38 Å². The van der Waals surface area contributed by atoms with E-state index in [-0.39, 0.29) is 11.7 Å². The molecule has 1 amide bonds. The molecule has 0 N–H and O–H groups in total. The van der Waals surface area contributed by atoms with Crippen LogP contribution in [0.2, 0.25) is 0 Å². The van der Waals surface area contributed by atoms with Gasteiger partial charge in [0, 0.05) is 0 Å². The van der Waals surface area contributed by atoms with Crippen molar-refractivity contribution in [2.24, 2.45) is 4.99 Å². The highest BCUT2D eigenvalue weighted by Crippen LogP contribution is 2.37. The maximum atomic E-state index is 13.1. The van der Waals surface area contributed by atoms with E-state index in [1.807, 2.05) is 60.7 Å². The number of anilines is 1. The molecule has 3 nitrogen and oxygen atoms in total. The summed E-state index contributed by atoms with van der Waals surface area (Å²) in [5, 5.41) is 0.589. The van der Waals surface area contributed by atoms with Crippen LogP contribution in [0.4, 0.5) is 15.8 Å². The van der Waals surface area contributed by atoms with Crippen LogP contribution in [0, 0.1) is 5.82 Å². The minimum Gasteiger partial charge on any atom is -0.268 e. The molecule has 0 unspecified atom stereocenters. The Bertz CT molecular complexity index is 1020. The van der Waals surface area contributed by atoms with E-state index in [1.54, 1.807) is 23.1 Å². The number of hydrogen-bond acceptors (Lipinski definition) is 3. The van der Waals surface area contributed by atoms with Gasteiger partial charge in [-0.15, -0.1) is 0 Å². The molecule has 0 saturated carbocycles. The molecule has 1 fully saturated rings. The summed E-state index contributed by atoms with van der Waals surface area (Å²) < 4.78 is 13.1. The summed E-state index contributed by atoms with van der Waals surface area (Å²) in [4.78, 5) is 19.9. The minimum atomic E-state index is -0.306. The number of amidine groups is 1. The van der Waals surface area contributed by atoms with Crippen LogP contribution >= 0.6 is 11.8 Å². The van der Waals surface area contributed by atoms with Gasteiger partial charge in [-0.2, -0.15) is 0 Å². The number of amides is 1. The van der Waals surface area contributed by atoms with Crippen molar-refractivity contribution in [1.29, 1.82) is 0 Å². The molecule has 1 heterocycles. The number of halogens is 1. The first kappa shape index (κ1) is 17.2. The van der Waals surface area contributed by atoms with Crippen molar-refractivity contribution in [2.75, 3.05) is 4.90 Å². The lowest BCUT2D eigenvalue weighted by atomic mass is 10.2. The lowest BCUT2D eigenvalue weighted by molar-refractivity contribution is -0.113. The van der Waals surface area contributed by atoms with Gasteiger partial charge in [0.1, 0.15) is 5.82 Å². The predicted molar refractivity (Wildman–Crippen MR) is 109 cm³/mol. The lowest BCUT2D eigenvalue weighted by Gasteiger charge is -2.15. The van der Waals surface area contributed by atoms with Crippen LogP contribution in [0.1, 0.15) is 5.56 Å². The lowest BCUT2D eigenvalue weighted by Crippen LogP contribution is -2.28. The Kier molecular flexibility index (Phi) is 4.85. The topological polar surface area (TPSA) is 32.7 Å². The van der Waals surface area contributed by atoms with Crippen molar-refractivity contribution < 1.29 is 9.18 Å². The van der Waals surface area contributed by atoms with E-state index in [4.69, 9.17) is 0 Å². The third-order valence-corrected chi connectivity index (χ3v) is 4.94. The van der Waals surface area contributed by atoms with Crippen LogP contribution in [0.25, 0.3) is 6.08 Å². The van der Waals surface area contributed by atoms with E-state index in [0.717, 1.165) is 16.9 Å². The SMILES string of the molecule is O=C1C(=Cc2ccc(F)cc2)SC(=Nc2ccccc2)N1c1ccccc1. The molecule has 0 aliphatic carbocycles. The van der Waals surface area contributed by atoms with Gasteiger partial charge in [0.15, 0.2) is 5.17 Å². The zero-order chi connectivity index (χ0) is 18.6. The molecule has 0 aromatic heterocycles. The highest BCUT2D eigenvalue weighted by atomic mass is 32.2. The van der Waals surface area contributed by atoms with Crippen LogP contribution in [-0.4, -0.2) is 11.1 Å². The van der Waals surface area contributed by atoms with Gasteiger partial charge in [0.2, 0.25) is 0 Å². The molecule has 0 radical (unpaired) electrons. The molecule has 3 aromatic carbocycles. The molecular weight excluding hydrogens is 359 g/mol. The number of carbonyl (C=O) groups excluding carboxylic acids is 1. The number of nitrogens with zero attached hydrogens (tertiary/aromatic N) is 2.